The molecule has 0 aromatic rings. The maximum Gasteiger partial charge on any atom is 0.163 e. The van der Waals surface area contributed by atoms with Crippen LogP contribution in [-0.4, -0.2) is 23.4 Å². The predicted octanol–water partition coefficient (Wildman–Crippen LogP) is 1.19. The van der Waals surface area contributed by atoms with Crippen molar-refractivity contribution in [3.8, 4) is 0 Å². The second-order valence-corrected chi connectivity index (χ2v) is 3.73. The van der Waals surface area contributed by atoms with Gasteiger partial charge in [-0.05, 0) is 19.1 Å². The van der Waals surface area contributed by atoms with Gasteiger partial charge in [0.2, 0.25) is 0 Å². The molecule has 0 saturated heterocycles. The first-order chi connectivity index (χ1) is 7.24. The number of amidine groups is 1. The predicted molar refractivity (Wildman–Crippen MR) is 60.5 cm³/mol. The van der Waals surface area contributed by atoms with Crippen LogP contribution < -0.4 is 5.32 Å². The number of hydrogen-bond donors (Lipinski definition) is 2. The number of nitrogens with one attached hydrogen (secondary N) is 2. The Kier molecular flexibility index (Phi) is 1.41. The van der Waals surface area contributed by atoms with E-state index in [-0.39, 0.29) is 0 Å². The van der Waals surface area contributed by atoms with E-state index >= 15 is 0 Å². The molecular formula is C11H10N4. The molecule has 0 fully saturated rings. The zero-order valence-corrected chi connectivity index (χ0v) is 8.28. The van der Waals surface area contributed by atoms with Gasteiger partial charge in [0.25, 0.3) is 0 Å². The standard InChI is InChI=1S/C11H10N4/c1-7-9-11(14-6-13-9)5-3-2-4-8(11)15-10(7)12/h2-6,12H,1H3,(H,13,14). The van der Waals surface area contributed by atoms with Gasteiger partial charge >= 0.3 is 0 Å². The van der Waals surface area contributed by atoms with E-state index in [1.165, 1.54) is 0 Å². The van der Waals surface area contributed by atoms with Crippen LogP contribution in [0.1, 0.15) is 6.92 Å². The number of nitrogens with zero attached hydrogens (tertiary/aromatic N) is 2. The van der Waals surface area contributed by atoms with Gasteiger partial charge in [-0.3, -0.25) is 10.4 Å². The van der Waals surface area contributed by atoms with Crippen molar-refractivity contribution in [2.75, 3.05) is 0 Å². The van der Waals surface area contributed by atoms with Crippen LogP contribution in [0.5, 0.6) is 0 Å². The van der Waals surface area contributed by atoms with Gasteiger partial charge in [-0.1, -0.05) is 12.2 Å². The second kappa shape index (κ2) is 2.53. The van der Waals surface area contributed by atoms with E-state index in [9.17, 15) is 0 Å². The Bertz CT molecular complexity index is 505. The summed E-state index contributed by atoms with van der Waals surface area (Å²) in [6.07, 6.45) is 9.48. The van der Waals surface area contributed by atoms with E-state index in [2.05, 4.69) is 15.3 Å². The van der Waals surface area contributed by atoms with E-state index in [0.29, 0.717) is 5.84 Å². The van der Waals surface area contributed by atoms with Crippen LogP contribution in [0.4, 0.5) is 0 Å². The van der Waals surface area contributed by atoms with Gasteiger partial charge in [-0.25, -0.2) is 4.99 Å². The lowest BCUT2D eigenvalue weighted by molar-refractivity contribution is 0.806. The third-order valence-corrected chi connectivity index (χ3v) is 2.91. The summed E-state index contributed by atoms with van der Waals surface area (Å²) in [5, 5.41) is 10.9. The van der Waals surface area contributed by atoms with Crippen LogP contribution >= 0.6 is 0 Å². The Morgan fingerprint density at radius 2 is 2.27 bits per heavy atom. The molecule has 0 bridgehead atoms. The third kappa shape index (κ3) is 0.883. The van der Waals surface area contributed by atoms with Gasteiger partial charge < -0.3 is 5.32 Å². The fraction of sp³-hybridized carbons (Fsp3) is 0.182. The number of hydrogen-bond acceptors (Lipinski definition) is 3. The molecule has 74 valence electrons. The Morgan fingerprint density at radius 1 is 1.40 bits per heavy atom. The average molecular weight is 198 g/mol. The number of allylic oxidation sites excluding steroid dienone is 2. The van der Waals surface area contributed by atoms with Gasteiger partial charge in [-0.15, -0.1) is 0 Å². The zero-order chi connectivity index (χ0) is 10.5. The fourth-order valence-electron chi connectivity index (χ4n) is 2.09. The molecule has 3 rings (SSSR count). The van der Waals surface area contributed by atoms with E-state index in [0.717, 1.165) is 17.0 Å². The van der Waals surface area contributed by atoms with Crippen molar-refractivity contribution in [2.24, 2.45) is 9.98 Å². The lowest BCUT2D eigenvalue weighted by Gasteiger charge is -2.30. The summed E-state index contributed by atoms with van der Waals surface area (Å²) in [5.41, 5.74) is 2.15. The van der Waals surface area contributed by atoms with E-state index in [1.54, 1.807) is 6.34 Å². The first-order valence-corrected chi connectivity index (χ1v) is 4.80. The minimum absolute atomic E-state index is 0.313. The van der Waals surface area contributed by atoms with Gasteiger partial charge in [0.1, 0.15) is 5.84 Å². The lowest BCUT2D eigenvalue weighted by Crippen LogP contribution is -2.41. The van der Waals surface area contributed by atoms with Crippen molar-refractivity contribution in [3.63, 3.8) is 0 Å². The molecule has 4 heteroatoms. The molecule has 2 N–H and O–H groups in total. The Morgan fingerprint density at radius 3 is 3.13 bits per heavy atom. The van der Waals surface area contributed by atoms with Gasteiger partial charge in [0, 0.05) is 5.57 Å². The van der Waals surface area contributed by atoms with Gasteiger partial charge in [0.05, 0.1) is 17.7 Å². The molecule has 4 nitrogen and oxygen atoms in total. The average Bonchev–Trinajstić information content (AvgIpc) is 2.65. The molecule has 15 heavy (non-hydrogen) atoms. The normalized spacial score (nSPS) is 31.3. The van der Waals surface area contributed by atoms with Crippen molar-refractivity contribution in [2.45, 2.75) is 12.5 Å². The summed E-state index contributed by atoms with van der Waals surface area (Å²) in [7, 11) is 0. The smallest absolute Gasteiger partial charge is 0.163 e. The molecule has 2 heterocycles. The fourth-order valence-corrected chi connectivity index (χ4v) is 2.09. The minimum Gasteiger partial charge on any atom is -0.347 e. The quantitative estimate of drug-likeness (QED) is 0.603. The zero-order valence-electron chi connectivity index (χ0n) is 8.28. The maximum absolute atomic E-state index is 7.77. The highest BCUT2D eigenvalue weighted by molar-refractivity contribution is 6.20. The highest BCUT2D eigenvalue weighted by atomic mass is 15.1. The highest BCUT2D eigenvalue weighted by Gasteiger charge is 2.43. The van der Waals surface area contributed by atoms with Gasteiger partial charge in [0.15, 0.2) is 5.54 Å². The van der Waals surface area contributed by atoms with Crippen molar-refractivity contribution < 1.29 is 0 Å². The van der Waals surface area contributed by atoms with E-state index in [4.69, 9.17) is 5.41 Å². The molecule has 0 amide bonds. The molecule has 3 aliphatic rings. The molecule has 0 radical (unpaired) electrons. The summed E-state index contributed by atoms with van der Waals surface area (Å²) >= 11 is 0. The molecule has 2 aliphatic heterocycles. The van der Waals surface area contributed by atoms with E-state index in [1.807, 2.05) is 31.2 Å². The molecule has 1 unspecified atom stereocenters. The molecule has 0 aromatic heterocycles. The van der Waals surface area contributed by atoms with Crippen molar-refractivity contribution >= 4 is 17.9 Å². The molecule has 1 aliphatic carbocycles. The lowest BCUT2D eigenvalue weighted by atomic mass is 9.83. The summed E-state index contributed by atoms with van der Waals surface area (Å²) in [4.78, 5) is 8.71. The molecule has 1 atom stereocenters. The van der Waals surface area contributed by atoms with Gasteiger partial charge in [-0.2, -0.15) is 0 Å². The van der Waals surface area contributed by atoms with Crippen molar-refractivity contribution in [3.05, 3.63) is 35.6 Å². The van der Waals surface area contributed by atoms with Crippen LogP contribution in [0, 0.1) is 5.41 Å². The molecule has 0 saturated carbocycles. The minimum atomic E-state index is -0.483. The summed E-state index contributed by atoms with van der Waals surface area (Å²) in [6.45, 7) is 1.90. The monoisotopic (exact) mass is 198 g/mol. The van der Waals surface area contributed by atoms with Crippen LogP contribution in [0.25, 0.3) is 0 Å². The largest absolute Gasteiger partial charge is 0.347 e. The van der Waals surface area contributed by atoms with Crippen molar-refractivity contribution in [1.29, 1.82) is 5.41 Å². The number of rotatable bonds is 0. The summed E-state index contributed by atoms with van der Waals surface area (Å²) < 4.78 is 0. The topological polar surface area (TPSA) is 60.6 Å². The molecule has 1 spiro atoms. The number of dihydropyridines is 1. The van der Waals surface area contributed by atoms with Crippen LogP contribution in [0.2, 0.25) is 0 Å². The second-order valence-electron chi connectivity index (χ2n) is 3.73. The summed E-state index contributed by atoms with van der Waals surface area (Å²) in [6, 6.07) is 0. The SMILES string of the molecule is CC1=C2NC=NC23C=CC=CC3=NC1=N. The molecule has 0 aromatic carbocycles. The van der Waals surface area contributed by atoms with Crippen LogP contribution in [-0.2, 0) is 0 Å². The van der Waals surface area contributed by atoms with Crippen LogP contribution in [0.15, 0.2) is 45.6 Å². The Labute approximate surface area is 87.3 Å². The van der Waals surface area contributed by atoms with Crippen molar-refractivity contribution in [1.82, 2.24) is 5.32 Å². The first-order valence-electron chi connectivity index (χ1n) is 4.80. The molecular weight excluding hydrogens is 188 g/mol. The maximum atomic E-state index is 7.77. The number of aliphatic imine (C=N–C) groups is 2. The summed E-state index contributed by atoms with van der Waals surface area (Å²) in [5.74, 6) is 0.313. The first kappa shape index (κ1) is 8.35. The Hall–Kier alpha value is -1.97. The van der Waals surface area contributed by atoms with Crippen LogP contribution in [0.3, 0.4) is 0 Å². The highest BCUT2D eigenvalue weighted by Crippen LogP contribution is 2.35. The van der Waals surface area contributed by atoms with E-state index < -0.39 is 5.54 Å². The Balaban J connectivity index is 2.29. The third-order valence-electron chi connectivity index (χ3n) is 2.91.